The zero-order chi connectivity index (χ0) is 11.4. The molecule has 0 radical (unpaired) electrons. The summed E-state index contributed by atoms with van der Waals surface area (Å²) in [6.45, 7) is 0. The largest absolute Gasteiger partial charge is 0.480 e. The van der Waals surface area contributed by atoms with Gasteiger partial charge in [-0.05, 0) is 25.2 Å². The second-order valence-corrected chi connectivity index (χ2v) is 3.89. The van der Waals surface area contributed by atoms with E-state index in [1.807, 2.05) is 0 Å². The Bertz CT molecular complexity index is 256. The lowest BCUT2D eigenvalue weighted by Gasteiger charge is -2.19. The maximum atomic E-state index is 10.8. The lowest BCUT2D eigenvalue weighted by Crippen LogP contribution is -2.45. The van der Waals surface area contributed by atoms with E-state index in [2.05, 4.69) is 5.32 Å². The van der Waals surface area contributed by atoms with Crippen LogP contribution in [-0.4, -0.2) is 34.4 Å². The summed E-state index contributed by atoms with van der Waals surface area (Å²) in [6.07, 6.45) is 2.18. The Morgan fingerprint density at radius 1 is 1.47 bits per heavy atom. The molecule has 3 unspecified atom stereocenters. The fourth-order valence-corrected chi connectivity index (χ4v) is 1.99. The van der Waals surface area contributed by atoms with E-state index in [0.717, 1.165) is 12.8 Å². The molecule has 1 aliphatic carbocycles. The highest BCUT2D eigenvalue weighted by molar-refractivity contribution is 5.81. The fourth-order valence-electron chi connectivity index (χ4n) is 1.99. The van der Waals surface area contributed by atoms with Gasteiger partial charge in [-0.25, -0.2) is 9.59 Å². The number of rotatable bonds is 4. The molecule has 1 saturated carbocycles. The lowest BCUT2D eigenvalue weighted by molar-refractivity contribution is -0.139. The highest BCUT2D eigenvalue weighted by Gasteiger charge is 2.31. The molecule has 0 saturated heterocycles. The van der Waals surface area contributed by atoms with Crippen molar-refractivity contribution in [2.45, 2.75) is 37.8 Å². The average molecular weight is 216 g/mol. The topological polar surface area (TPSA) is 113 Å². The van der Waals surface area contributed by atoms with Gasteiger partial charge in [0.2, 0.25) is 0 Å². The summed E-state index contributed by atoms with van der Waals surface area (Å²) in [5, 5.41) is 20.5. The Labute approximate surface area is 87.5 Å². The molecule has 6 heteroatoms. The second kappa shape index (κ2) is 4.97. The summed E-state index contributed by atoms with van der Waals surface area (Å²) in [7, 11) is 0. The van der Waals surface area contributed by atoms with Crippen LogP contribution in [-0.2, 0) is 4.79 Å². The number of nitrogens with one attached hydrogen (secondary N) is 1. The smallest absolute Gasteiger partial charge is 0.326 e. The number of carboxylic acids is 1. The molecule has 86 valence electrons. The van der Waals surface area contributed by atoms with E-state index in [1.54, 1.807) is 0 Å². The van der Waals surface area contributed by atoms with Crippen LogP contribution in [0.2, 0.25) is 0 Å². The van der Waals surface area contributed by atoms with Gasteiger partial charge in [-0.3, -0.25) is 0 Å². The van der Waals surface area contributed by atoms with Crippen LogP contribution in [0.1, 0.15) is 25.7 Å². The number of aliphatic hydroxyl groups is 1. The molecule has 0 aromatic heterocycles. The monoisotopic (exact) mass is 216 g/mol. The second-order valence-electron chi connectivity index (χ2n) is 3.89. The molecule has 0 aliphatic heterocycles. The molecule has 0 bridgehead atoms. The van der Waals surface area contributed by atoms with Gasteiger partial charge >= 0.3 is 12.0 Å². The summed E-state index contributed by atoms with van der Waals surface area (Å²) < 4.78 is 0. The standard InChI is InChI=1S/C9H16N2O4/c10-9(15)11-6(8(13)14)4-5-2-1-3-7(5)12/h5-7,12H,1-4H2,(H,13,14)(H3,10,11,15). The van der Waals surface area contributed by atoms with Crippen LogP contribution < -0.4 is 11.1 Å². The van der Waals surface area contributed by atoms with Gasteiger partial charge in [0.1, 0.15) is 6.04 Å². The van der Waals surface area contributed by atoms with Crippen LogP contribution in [0.3, 0.4) is 0 Å². The Kier molecular flexibility index (Phi) is 3.90. The molecule has 15 heavy (non-hydrogen) atoms. The third-order valence-corrected chi connectivity index (χ3v) is 2.77. The van der Waals surface area contributed by atoms with Crippen molar-refractivity contribution < 1.29 is 19.8 Å². The van der Waals surface area contributed by atoms with Gasteiger partial charge in [0, 0.05) is 0 Å². The minimum Gasteiger partial charge on any atom is -0.480 e. The molecular weight excluding hydrogens is 200 g/mol. The highest BCUT2D eigenvalue weighted by Crippen LogP contribution is 2.29. The third-order valence-electron chi connectivity index (χ3n) is 2.77. The SMILES string of the molecule is NC(=O)NC(CC1CCCC1O)C(=O)O. The van der Waals surface area contributed by atoms with Crippen LogP contribution in [0.15, 0.2) is 0 Å². The predicted molar refractivity (Wildman–Crippen MR) is 52.1 cm³/mol. The van der Waals surface area contributed by atoms with E-state index < -0.39 is 24.1 Å². The van der Waals surface area contributed by atoms with Crippen LogP contribution in [0, 0.1) is 5.92 Å². The first-order valence-electron chi connectivity index (χ1n) is 4.97. The molecule has 0 aromatic rings. The number of amides is 2. The molecule has 6 nitrogen and oxygen atoms in total. The van der Waals surface area contributed by atoms with Gasteiger partial charge in [0.15, 0.2) is 0 Å². The first kappa shape index (κ1) is 11.8. The number of aliphatic carboxylic acids is 1. The number of nitrogens with two attached hydrogens (primary N) is 1. The van der Waals surface area contributed by atoms with Crippen molar-refractivity contribution in [3.63, 3.8) is 0 Å². The van der Waals surface area contributed by atoms with Crippen LogP contribution in [0.25, 0.3) is 0 Å². The van der Waals surface area contributed by atoms with Crippen molar-refractivity contribution in [1.29, 1.82) is 0 Å². The minimum absolute atomic E-state index is 0.0575. The van der Waals surface area contributed by atoms with Gasteiger partial charge in [0.25, 0.3) is 0 Å². The van der Waals surface area contributed by atoms with Crippen molar-refractivity contribution in [1.82, 2.24) is 5.32 Å². The third kappa shape index (κ3) is 3.39. The Morgan fingerprint density at radius 2 is 2.13 bits per heavy atom. The van der Waals surface area contributed by atoms with Crippen LogP contribution >= 0.6 is 0 Å². The normalized spacial score (nSPS) is 27.3. The van der Waals surface area contributed by atoms with Gasteiger partial charge in [-0.15, -0.1) is 0 Å². The summed E-state index contributed by atoms with van der Waals surface area (Å²) in [5.74, 6) is -1.18. The number of aliphatic hydroxyl groups excluding tert-OH is 1. The van der Waals surface area contributed by atoms with Gasteiger partial charge in [-0.2, -0.15) is 0 Å². The number of primary amides is 1. The molecule has 1 rings (SSSR count). The molecule has 3 atom stereocenters. The number of carbonyl (C=O) groups excluding carboxylic acids is 1. The Morgan fingerprint density at radius 3 is 2.53 bits per heavy atom. The van der Waals surface area contributed by atoms with Crippen molar-refractivity contribution in [2.24, 2.45) is 11.7 Å². The molecule has 1 aliphatic rings. The predicted octanol–water partition coefficient (Wildman–Crippen LogP) is -0.341. The van der Waals surface area contributed by atoms with Crippen molar-refractivity contribution >= 4 is 12.0 Å². The average Bonchev–Trinajstić information content (AvgIpc) is 2.50. The first-order valence-corrected chi connectivity index (χ1v) is 4.97. The molecule has 1 fully saturated rings. The Balaban J connectivity index is 2.50. The molecule has 5 N–H and O–H groups in total. The summed E-state index contributed by atoms with van der Waals surface area (Å²) >= 11 is 0. The highest BCUT2D eigenvalue weighted by atomic mass is 16.4. The summed E-state index contributed by atoms with van der Waals surface area (Å²) in [6, 6.07) is -1.85. The van der Waals surface area contributed by atoms with E-state index in [4.69, 9.17) is 10.8 Å². The van der Waals surface area contributed by atoms with E-state index in [0.29, 0.717) is 6.42 Å². The quantitative estimate of drug-likeness (QED) is 0.514. The molecule has 0 spiro atoms. The van der Waals surface area contributed by atoms with Crippen molar-refractivity contribution in [3.8, 4) is 0 Å². The maximum Gasteiger partial charge on any atom is 0.326 e. The number of carboxylic acid groups (broad SMARTS) is 1. The number of hydrogen-bond acceptors (Lipinski definition) is 3. The molecule has 2 amide bonds. The molecular formula is C9H16N2O4. The summed E-state index contributed by atoms with van der Waals surface area (Å²) in [5.41, 5.74) is 4.86. The van der Waals surface area contributed by atoms with Crippen molar-refractivity contribution in [2.75, 3.05) is 0 Å². The molecule has 0 aromatic carbocycles. The molecule has 0 heterocycles. The fraction of sp³-hybridized carbons (Fsp3) is 0.778. The number of hydrogen-bond donors (Lipinski definition) is 4. The maximum absolute atomic E-state index is 10.8. The zero-order valence-electron chi connectivity index (χ0n) is 8.35. The van der Waals surface area contributed by atoms with Crippen LogP contribution in [0.4, 0.5) is 4.79 Å². The van der Waals surface area contributed by atoms with E-state index in [-0.39, 0.29) is 12.3 Å². The number of urea groups is 1. The van der Waals surface area contributed by atoms with E-state index >= 15 is 0 Å². The van der Waals surface area contributed by atoms with Gasteiger partial charge in [-0.1, -0.05) is 6.42 Å². The lowest BCUT2D eigenvalue weighted by atomic mass is 9.96. The van der Waals surface area contributed by atoms with E-state index in [1.165, 1.54) is 0 Å². The zero-order valence-corrected chi connectivity index (χ0v) is 8.35. The van der Waals surface area contributed by atoms with Gasteiger partial charge < -0.3 is 21.3 Å². The minimum atomic E-state index is -1.12. The van der Waals surface area contributed by atoms with Gasteiger partial charge in [0.05, 0.1) is 6.10 Å². The van der Waals surface area contributed by atoms with E-state index in [9.17, 15) is 14.7 Å². The number of carbonyl (C=O) groups is 2. The summed E-state index contributed by atoms with van der Waals surface area (Å²) in [4.78, 5) is 21.3. The van der Waals surface area contributed by atoms with Crippen molar-refractivity contribution in [3.05, 3.63) is 0 Å². The first-order chi connectivity index (χ1) is 7.00. The Hall–Kier alpha value is -1.30. The van der Waals surface area contributed by atoms with Crippen LogP contribution in [0.5, 0.6) is 0 Å².